The molecule has 7 heteroatoms. The summed E-state index contributed by atoms with van der Waals surface area (Å²) in [6.07, 6.45) is 3.89. The van der Waals surface area contributed by atoms with Gasteiger partial charge in [0.25, 0.3) is 5.69 Å². The van der Waals surface area contributed by atoms with E-state index in [4.69, 9.17) is 0 Å². The highest BCUT2D eigenvalue weighted by molar-refractivity contribution is 5.83. The minimum Gasteiger partial charge on any atom is -0.360 e. The lowest BCUT2D eigenvalue weighted by atomic mass is 10.1. The largest absolute Gasteiger partial charge is 0.360 e. The molecule has 1 fully saturated rings. The first-order valence-electron chi connectivity index (χ1n) is 8.34. The fraction of sp³-hybridized carbons (Fsp3) is 0.389. The Kier molecular flexibility index (Phi) is 4.74. The Bertz CT molecular complexity index is 786. The van der Waals surface area contributed by atoms with Gasteiger partial charge in [-0.3, -0.25) is 14.9 Å². The molecule has 0 aliphatic carbocycles. The van der Waals surface area contributed by atoms with E-state index < -0.39 is 4.92 Å². The first kappa shape index (κ1) is 17.0. The molecule has 1 aliphatic rings. The first-order chi connectivity index (χ1) is 12.0. The summed E-state index contributed by atoms with van der Waals surface area (Å²) in [7, 11) is 3.70. The summed E-state index contributed by atoms with van der Waals surface area (Å²) in [5, 5.41) is 11.2. The maximum Gasteiger partial charge on any atom is 0.292 e. The van der Waals surface area contributed by atoms with Gasteiger partial charge in [-0.1, -0.05) is 12.1 Å². The van der Waals surface area contributed by atoms with Crippen LogP contribution in [0.15, 0.2) is 42.6 Å². The molecule has 0 spiro atoms. The molecular formula is C18H22N4O3. The van der Waals surface area contributed by atoms with E-state index in [1.807, 2.05) is 34.8 Å². The summed E-state index contributed by atoms with van der Waals surface area (Å²) in [5.41, 5.74) is 1.59. The van der Waals surface area contributed by atoms with Crippen LogP contribution in [-0.2, 0) is 11.8 Å². The van der Waals surface area contributed by atoms with Crippen LogP contribution in [0.1, 0.15) is 24.6 Å². The molecular weight excluding hydrogens is 320 g/mol. The molecule has 2 heterocycles. The van der Waals surface area contributed by atoms with E-state index in [0.29, 0.717) is 5.69 Å². The van der Waals surface area contributed by atoms with Gasteiger partial charge in [0.05, 0.1) is 17.5 Å². The van der Waals surface area contributed by atoms with E-state index in [0.717, 1.165) is 25.1 Å². The van der Waals surface area contributed by atoms with E-state index in [2.05, 4.69) is 0 Å². The monoisotopic (exact) mass is 342 g/mol. The second-order valence-electron chi connectivity index (χ2n) is 6.39. The van der Waals surface area contributed by atoms with Crippen molar-refractivity contribution in [2.45, 2.75) is 18.9 Å². The number of likely N-dealkylation sites (N-methyl/N-ethyl adjacent to an activating group) is 1. The molecule has 1 aromatic heterocycles. The molecule has 0 radical (unpaired) electrons. The summed E-state index contributed by atoms with van der Waals surface area (Å²) >= 11 is 0. The van der Waals surface area contributed by atoms with Crippen molar-refractivity contribution in [2.24, 2.45) is 7.05 Å². The zero-order valence-electron chi connectivity index (χ0n) is 14.5. The highest BCUT2D eigenvalue weighted by Gasteiger charge is 2.32. The third-order valence-electron chi connectivity index (χ3n) is 4.76. The molecule has 0 bridgehead atoms. The van der Waals surface area contributed by atoms with Gasteiger partial charge in [-0.15, -0.1) is 0 Å². The van der Waals surface area contributed by atoms with Crippen LogP contribution in [0, 0.1) is 10.1 Å². The van der Waals surface area contributed by atoms with Crippen LogP contribution in [-0.4, -0.2) is 40.4 Å². The summed E-state index contributed by atoms with van der Waals surface area (Å²) in [4.78, 5) is 27.2. The van der Waals surface area contributed by atoms with Gasteiger partial charge in [-0.25, -0.2) is 0 Å². The maximum absolute atomic E-state index is 12.8. The number of benzene rings is 1. The summed E-state index contributed by atoms with van der Waals surface area (Å²) < 4.78 is 2.04. The van der Waals surface area contributed by atoms with Crippen molar-refractivity contribution in [1.82, 2.24) is 9.47 Å². The number of likely N-dealkylation sites (tertiary alicyclic amines) is 1. The van der Waals surface area contributed by atoms with Gasteiger partial charge in [-0.05, 0) is 31.0 Å². The van der Waals surface area contributed by atoms with Crippen LogP contribution >= 0.6 is 0 Å². The molecule has 1 saturated heterocycles. The molecule has 3 rings (SSSR count). The van der Waals surface area contributed by atoms with E-state index in [1.165, 1.54) is 6.07 Å². The molecule has 0 N–H and O–H groups in total. The number of carbonyl (C=O) groups excluding carboxylic acids is 1. The predicted molar refractivity (Wildman–Crippen MR) is 95.5 cm³/mol. The Balaban J connectivity index is 1.76. The Labute approximate surface area is 146 Å². The zero-order chi connectivity index (χ0) is 18.0. The van der Waals surface area contributed by atoms with Crippen LogP contribution < -0.4 is 4.90 Å². The molecule has 1 atom stereocenters. The van der Waals surface area contributed by atoms with Gasteiger partial charge in [0.15, 0.2) is 0 Å². The number of aromatic nitrogens is 1. The number of hydrogen-bond acceptors (Lipinski definition) is 4. The third-order valence-corrected chi connectivity index (χ3v) is 4.76. The second-order valence-corrected chi connectivity index (χ2v) is 6.39. The summed E-state index contributed by atoms with van der Waals surface area (Å²) in [6, 6.07) is 10.6. The number of anilines is 1. The Hall–Kier alpha value is -2.83. The van der Waals surface area contributed by atoms with E-state index >= 15 is 0 Å². The highest BCUT2D eigenvalue weighted by Crippen LogP contribution is 2.32. The number of hydrogen-bond donors (Lipinski definition) is 0. The molecule has 1 aromatic carbocycles. The van der Waals surface area contributed by atoms with Crippen LogP contribution in [0.4, 0.5) is 11.4 Å². The molecule has 25 heavy (non-hydrogen) atoms. The van der Waals surface area contributed by atoms with Crippen molar-refractivity contribution >= 4 is 17.3 Å². The predicted octanol–water partition coefficient (Wildman–Crippen LogP) is 2.73. The summed E-state index contributed by atoms with van der Waals surface area (Å²) in [5.74, 6) is -0.00986. The minimum atomic E-state index is -0.418. The normalized spacial score (nSPS) is 16.9. The maximum atomic E-state index is 12.8. The van der Waals surface area contributed by atoms with Gasteiger partial charge in [0.1, 0.15) is 5.69 Å². The van der Waals surface area contributed by atoms with Crippen molar-refractivity contribution in [2.75, 3.05) is 25.0 Å². The van der Waals surface area contributed by atoms with Gasteiger partial charge in [-0.2, -0.15) is 0 Å². The lowest BCUT2D eigenvalue weighted by Crippen LogP contribution is -2.39. The Morgan fingerprint density at radius 3 is 2.76 bits per heavy atom. The number of para-hydroxylation sites is 2. The van der Waals surface area contributed by atoms with Crippen molar-refractivity contribution in [3.05, 3.63) is 58.4 Å². The lowest BCUT2D eigenvalue weighted by Gasteiger charge is -2.28. The van der Waals surface area contributed by atoms with Crippen LogP contribution in [0.2, 0.25) is 0 Å². The SMILES string of the molecule is CN(CC(=O)N1CCCC1c1cccn1C)c1ccccc1[N+](=O)[O-]. The molecule has 1 aliphatic heterocycles. The average Bonchev–Trinajstić information content (AvgIpc) is 3.22. The number of nitrogens with zero attached hydrogens (tertiary/aromatic N) is 4. The quantitative estimate of drug-likeness (QED) is 0.619. The molecule has 132 valence electrons. The van der Waals surface area contributed by atoms with Crippen LogP contribution in [0.3, 0.4) is 0 Å². The molecule has 1 amide bonds. The number of rotatable bonds is 5. The molecule has 2 aromatic rings. The van der Waals surface area contributed by atoms with Crippen molar-refractivity contribution in [3.63, 3.8) is 0 Å². The van der Waals surface area contributed by atoms with Gasteiger partial charge >= 0.3 is 0 Å². The van der Waals surface area contributed by atoms with Crippen molar-refractivity contribution in [3.8, 4) is 0 Å². The summed E-state index contributed by atoms with van der Waals surface area (Å²) in [6.45, 7) is 0.838. The van der Waals surface area contributed by atoms with Crippen LogP contribution in [0.5, 0.6) is 0 Å². The Morgan fingerprint density at radius 2 is 2.08 bits per heavy atom. The first-order valence-corrected chi connectivity index (χ1v) is 8.34. The fourth-order valence-corrected chi connectivity index (χ4v) is 3.51. The molecule has 7 nitrogen and oxygen atoms in total. The van der Waals surface area contributed by atoms with E-state index in [9.17, 15) is 14.9 Å². The molecule has 1 unspecified atom stereocenters. The second kappa shape index (κ2) is 6.96. The number of nitro groups is 1. The van der Waals surface area contributed by atoms with Crippen LogP contribution in [0.25, 0.3) is 0 Å². The third kappa shape index (κ3) is 3.35. The topological polar surface area (TPSA) is 71.6 Å². The Morgan fingerprint density at radius 1 is 1.32 bits per heavy atom. The number of amides is 1. The number of aryl methyl sites for hydroxylation is 1. The standard InChI is InChI=1S/C18H22N4O3/c1-19-11-5-9-14(19)16-10-6-12-21(16)18(23)13-20(2)15-7-3-4-8-17(15)22(24)25/h3-5,7-9,11,16H,6,10,12-13H2,1-2H3. The minimum absolute atomic E-state index is 0.00986. The highest BCUT2D eigenvalue weighted by atomic mass is 16.6. The van der Waals surface area contributed by atoms with Gasteiger partial charge < -0.3 is 14.4 Å². The van der Waals surface area contributed by atoms with E-state index in [1.54, 1.807) is 30.1 Å². The van der Waals surface area contributed by atoms with E-state index in [-0.39, 0.29) is 24.2 Å². The number of nitro benzene ring substituents is 1. The zero-order valence-corrected chi connectivity index (χ0v) is 14.5. The van der Waals surface area contributed by atoms with Crippen molar-refractivity contribution < 1.29 is 9.72 Å². The lowest BCUT2D eigenvalue weighted by molar-refractivity contribution is -0.384. The van der Waals surface area contributed by atoms with Gasteiger partial charge in [0.2, 0.25) is 5.91 Å². The fourth-order valence-electron chi connectivity index (χ4n) is 3.51. The van der Waals surface area contributed by atoms with Crippen molar-refractivity contribution in [1.29, 1.82) is 0 Å². The number of carbonyl (C=O) groups is 1. The molecule has 0 saturated carbocycles. The average molecular weight is 342 g/mol. The van der Waals surface area contributed by atoms with Gasteiger partial charge in [0, 0.05) is 38.6 Å². The smallest absolute Gasteiger partial charge is 0.292 e.